The van der Waals surface area contributed by atoms with Gasteiger partial charge in [0.15, 0.2) is 11.4 Å². The van der Waals surface area contributed by atoms with Gasteiger partial charge in [0.25, 0.3) is 5.91 Å². The average molecular weight is 419 g/mol. The smallest absolute Gasteiger partial charge is 0.288 e. The third-order valence-electron chi connectivity index (χ3n) is 3.47. The lowest BCUT2D eigenvalue weighted by atomic mass is 10.2. The molecule has 2 aromatic heterocycles. The monoisotopic (exact) mass is 418 g/mol. The molecular formula is C15H11Cl2F3N6O. The number of hydrogen-bond acceptors (Lipinski definition) is 4. The number of carbonyl (C=O) groups excluding carboxylic acids is 1. The summed E-state index contributed by atoms with van der Waals surface area (Å²) in [6.45, 7) is 0.339. The molecule has 0 atom stereocenters. The number of benzene rings is 1. The first kappa shape index (κ1) is 19.2. The van der Waals surface area contributed by atoms with Gasteiger partial charge in [0.05, 0.1) is 6.54 Å². The summed E-state index contributed by atoms with van der Waals surface area (Å²) in [5, 5.41) is 9.62. The van der Waals surface area contributed by atoms with Crippen LogP contribution in [0.2, 0.25) is 10.0 Å². The number of nitrogens with one attached hydrogen (secondary N) is 1. The van der Waals surface area contributed by atoms with E-state index in [4.69, 9.17) is 23.2 Å². The van der Waals surface area contributed by atoms with Gasteiger partial charge in [-0.05, 0) is 17.7 Å². The zero-order valence-electron chi connectivity index (χ0n) is 13.6. The number of anilines is 1. The lowest BCUT2D eigenvalue weighted by Gasteiger charge is -2.06. The summed E-state index contributed by atoms with van der Waals surface area (Å²) in [6, 6.07) is 7.08. The van der Waals surface area contributed by atoms with Crippen molar-refractivity contribution in [3.63, 3.8) is 0 Å². The van der Waals surface area contributed by atoms with E-state index in [9.17, 15) is 18.0 Å². The Hall–Kier alpha value is -2.59. The number of halogens is 5. The van der Waals surface area contributed by atoms with Gasteiger partial charge in [-0.15, -0.1) is 5.10 Å². The van der Waals surface area contributed by atoms with Crippen LogP contribution in [-0.4, -0.2) is 30.5 Å². The number of hydrogen-bond donors (Lipinski definition) is 1. The molecule has 0 aliphatic heterocycles. The fraction of sp³-hybridized carbons (Fsp3) is 0.200. The zero-order valence-corrected chi connectivity index (χ0v) is 15.1. The van der Waals surface area contributed by atoms with E-state index in [-0.39, 0.29) is 5.95 Å². The van der Waals surface area contributed by atoms with Crippen LogP contribution in [0.1, 0.15) is 21.7 Å². The summed E-state index contributed by atoms with van der Waals surface area (Å²) in [7, 11) is 1.05. The van der Waals surface area contributed by atoms with Crippen LogP contribution in [0.4, 0.5) is 19.1 Å². The van der Waals surface area contributed by atoms with Gasteiger partial charge < -0.3 is 0 Å². The van der Waals surface area contributed by atoms with Gasteiger partial charge in [-0.3, -0.25) is 14.8 Å². The number of alkyl halides is 3. The van der Waals surface area contributed by atoms with Crippen molar-refractivity contribution < 1.29 is 18.0 Å². The van der Waals surface area contributed by atoms with E-state index in [2.05, 4.69) is 20.5 Å². The average Bonchev–Trinajstić information content (AvgIpc) is 3.10. The summed E-state index contributed by atoms with van der Waals surface area (Å²) in [6.07, 6.45) is -3.38. The highest BCUT2D eigenvalue weighted by Crippen LogP contribution is 2.36. The Kier molecular flexibility index (Phi) is 5.11. The number of aryl methyl sites for hydroxylation is 1. The van der Waals surface area contributed by atoms with Gasteiger partial charge in [0.1, 0.15) is 11.3 Å². The number of nitrogens with zero attached hydrogens (tertiary/aromatic N) is 5. The standard InChI is InChI=1S/C15H11Cl2F3N6O/c1-25-12(15(18,19)20)10(17)11(23-25)13(27)22-14-21-7-26(24-14)6-8-3-2-4-9(16)5-8/h2-5,7H,6H2,1H3,(H,22,24,27). The van der Waals surface area contributed by atoms with Crippen molar-refractivity contribution in [3.05, 3.63) is 57.6 Å². The van der Waals surface area contributed by atoms with E-state index >= 15 is 0 Å². The van der Waals surface area contributed by atoms with Crippen LogP contribution >= 0.6 is 23.2 Å². The van der Waals surface area contributed by atoms with Crippen molar-refractivity contribution in [2.75, 3.05) is 5.32 Å². The summed E-state index contributed by atoms with van der Waals surface area (Å²) in [5.41, 5.74) is -0.931. The number of rotatable bonds is 4. The van der Waals surface area contributed by atoms with Crippen molar-refractivity contribution in [1.29, 1.82) is 0 Å². The van der Waals surface area contributed by atoms with E-state index < -0.39 is 28.5 Å². The minimum atomic E-state index is -4.74. The lowest BCUT2D eigenvalue weighted by molar-refractivity contribution is -0.143. The molecule has 3 rings (SSSR count). The predicted octanol–water partition coefficient (Wildman–Crippen LogP) is 3.64. The Morgan fingerprint density at radius 2 is 2.00 bits per heavy atom. The zero-order chi connectivity index (χ0) is 19.8. The van der Waals surface area contributed by atoms with Gasteiger partial charge in [0, 0.05) is 12.1 Å². The highest BCUT2D eigenvalue weighted by molar-refractivity contribution is 6.34. The molecule has 0 saturated carbocycles. The van der Waals surface area contributed by atoms with Crippen LogP contribution in [0.25, 0.3) is 0 Å². The van der Waals surface area contributed by atoms with Crippen LogP contribution in [0.15, 0.2) is 30.6 Å². The van der Waals surface area contributed by atoms with Crippen LogP contribution < -0.4 is 5.32 Å². The van der Waals surface area contributed by atoms with Crippen molar-refractivity contribution in [2.45, 2.75) is 12.7 Å². The second kappa shape index (κ2) is 7.20. The van der Waals surface area contributed by atoms with Gasteiger partial charge in [-0.1, -0.05) is 35.3 Å². The van der Waals surface area contributed by atoms with Crippen molar-refractivity contribution >= 4 is 35.1 Å². The summed E-state index contributed by atoms with van der Waals surface area (Å²) in [4.78, 5) is 16.1. The van der Waals surface area contributed by atoms with Crippen LogP contribution in [-0.2, 0) is 19.8 Å². The maximum absolute atomic E-state index is 12.9. The molecule has 0 fully saturated rings. The van der Waals surface area contributed by atoms with E-state index in [0.717, 1.165) is 12.6 Å². The highest BCUT2D eigenvalue weighted by Gasteiger charge is 2.40. The molecule has 0 aliphatic carbocycles. The van der Waals surface area contributed by atoms with Crippen LogP contribution in [0, 0.1) is 0 Å². The third-order valence-corrected chi connectivity index (χ3v) is 4.06. The first-order valence-corrected chi connectivity index (χ1v) is 8.15. The Balaban J connectivity index is 1.75. The van der Waals surface area contributed by atoms with Gasteiger partial charge in [-0.25, -0.2) is 9.67 Å². The molecule has 2 heterocycles. The molecule has 1 aromatic carbocycles. The first-order valence-electron chi connectivity index (χ1n) is 7.40. The quantitative estimate of drug-likeness (QED) is 0.701. The second-order valence-corrected chi connectivity index (χ2v) is 6.30. The number of aromatic nitrogens is 5. The molecule has 27 heavy (non-hydrogen) atoms. The van der Waals surface area contributed by atoms with Crippen molar-refractivity contribution in [2.24, 2.45) is 7.05 Å². The maximum Gasteiger partial charge on any atom is 0.434 e. The molecule has 0 radical (unpaired) electrons. The Labute approximate surface area is 160 Å². The van der Waals surface area contributed by atoms with Gasteiger partial charge in [-0.2, -0.15) is 18.3 Å². The van der Waals surface area contributed by atoms with E-state index in [1.165, 1.54) is 11.0 Å². The minimum Gasteiger partial charge on any atom is -0.288 e. The molecule has 142 valence electrons. The highest BCUT2D eigenvalue weighted by atomic mass is 35.5. The SMILES string of the molecule is Cn1nc(C(=O)Nc2ncn(Cc3cccc(Cl)c3)n2)c(Cl)c1C(F)(F)F. The molecule has 1 N–H and O–H groups in total. The molecule has 0 spiro atoms. The fourth-order valence-corrected chi connectivity index (χ4v) is 2.93. The predicted molar refractivity (Wildman–Crippen MR) is 91.7 cm³/mol. The molecule has 0 unspecified atom stereocenters. The first-order chi connectivity index (χ1) is 12.6. The lowest BCUT2D eigenvalue weighted by Crippen LogP contribution is -2.15. The Morgan fingerprint density at radius 3 is 2.63 bits per heavy atom. The van der Waals surface area contributed by atoms with Crippen LogP contribution in [0.5, 0.6) is 0 Å². The van der Waals surface area contributed by atoms with E-state index in [1.54, 1.807) is 18.2 Å². The van der Waals surface area contributed by atoms with Gasteiger partial charge >= 0.3 is 6.18 Å². The normalized spacial score (nSPS) is 11.6. The summed E-state index contributed by atoms with van der Waals surface area (Å²) >= 11 is 11.6. The molecule has 0 saturated heterocycles. The second-order valence-electron chi connectivity index (χ2n) is 5.48. The third kappa shape index (κ3) is 4.22. The minimum absolute atomic E-state index is 0.0997. The summed E-state index contributed by atoms with van der Waals surface area (Å²) in [5.74, 6) is -1.05. The summed E-state index contributed by atoms with van der Waals surface area (Å²) < 4.78 is 40.7. The molecule has 12 heteroatoms. The topological polar surface area (TPSA) is 77.6 Å². The molecule has 0 bridgehead atoms. The molecule has 7 nitrogen and oxygen atoms in total. The largest absolute Gasteiger partial charge is 0.434 e. The van der Waals surface area contributed by atoms with Gasteiger partial charge in [0.2, 0.25) is 5.95 Å². The fourth-order valence-electron chi connectivity index (χ4n) is 2.36. The Bertz CT molecular complexity index is 998. The maximum atomic E-state index is 12.9. The number of carbonyl (C=O) groups is 1. The molecule has 0 aliphatic rings. The molecule has 1 amide bonds. The van der Waals surface area contributed by atoms with Crippen molar-refractivity contribution in [3.8, 4) is 0 Å². The van der Waals surface area contributed by atoms with E-state index in [0.29, 0.717) is 16.2 Å². The molecule has 3 aromatic rings. The van der Waals surface area contributed by atoms with Crippen LogP contribution in [0.3, 0.4) is 0 Å². The number of amides is 1. The molecular weight excluding hydrogens is 408 g/mol. The van der Waals surface area contributed by atoms with E-state index in [1.807, 2.05) is 6.07 Å². The Morgan fingerprint density at radius 1 is 1.26 bits per heavy atom. The van der Waals surface area contributed by atoms with Crippen molar-refractivity contribution in [1.82, 2.24) is 24.5 Å².